The third-order valence-corrected chi connectivity index (χ3v) is 2.49. The van der Waals surface area contributed by atoms with Gasteiger partial charge in [0.2, 0.25) is 0 Å². The van der Waals surface area contributed by atoms with Gasteiger partial charge in [0.1, 0.15) is 11.5 Å². The van der Waals surface area contributed by atoms with Gasteiger partial charge in [0.05, 0.1) is 12.8 Å². The summed E-state index contributed by atoms with van der Waals surface area (Å²) in [5.41, 5.74) is 2.72. The van der Waals surface area contributed by atoms with Crippen LogP contribution in [0.25, 0.3) is 0 Å². The van der Waals surface area contributed by atoms with Gasteiger partial charge in [0, 0.05) is 30.2 Å². The Morgan fingerprint density at radius 3 is 2.81 bits per heavy atom. The van der Waals surface area contributed by atoms with Crippen LogP contribution >= 0.6 is 0 Å². The largest absolute Gasteiger partial charge is 0.496 e. The summed E-state index contributed by atoms with van der Waals surface area (Å²) in [6, 6.07) is 0. The average molecular weight is 219 g/mol. The molecule has 3 heteroatoms. The molecule has 16 heavy (non-hydrogen) atoms. The van der Waals surface area contributed by atoms with Crippen molar-refractivity contribution in [1.82, 2.24) is 4.98 Å². The Morgan fingerprint density at radius 1 is 1.56 bits per heavy atom. The second-order valence-corrected chi connectivity index (χ2v) is 3.75. The van der Waals surface area contributed by atoms with Crippen LogP contribution in [-0.2, 0) is 11.2 Å². The molecule has 0 unspecified atom stereocenters. The third-order valence-electron chi connectivity index (χ3n) is 2.49. The molecule has 0 aromatic carbocycles. The minimum Gasteiger partial charge on any atom is -0.496 e. The number of Topliss-reactive ketones (excluding diaryl/α,β-unsaturated/α-hetero) is 1. The molecule has 3 nitrogen and oxygen atoms in total. The van der Waals surface area contributed by atoms with E-state index in [0.717, 1.165) is 22.6 Å². The summed E-state index contributed by atoms with van der Waals surface area (Å²) in [5.74, 6) is 0.938. The van der Waals surface area contributed by atoms with Gasteiger partial charge in [-0.15, -0.1) is 6.58 Å². The Hall–Kier alpha value is -1.64. The van der Waals surface area contributed by atoms with E-state index in [1.54, 1.807) is 19.4 Å². The van der Waals surface area contributed by atoms with Crippen LogP contribution in [0.15, 0.2) is 18.9 Å². The van der Waals surface area contributed by atoms with E-state index in [-0.39, 0.29) is 5.78 Å². The number of hydrogen-bond acceptors (Lipinski definition) is 3. The number of pyridine rings is 1. The first kappa shape index (κ1) is 12.4. The number of hydrogen-bond donors (Lipinski definition) is 0. The molecule has 1 heterocycles. The van der Waals surface area contributed by atoms with Crippen molar-refractivity contribution in [2.45, 2.75) is 26.7 Å². The third kappa shape index (κ3) is 2.69. The van der Waals surface area contributed by atoms with Crippen molar-refractivity contribution in [3.8, 4) is 5.75 Å². The predicted molar refractivity (Wildman–Crippen MR) is 63.8 cm³/mol. The van der Waals surface area contributed by atoms with E-state index in [4.69, 9.17) is 4.74 Å². The number of ether oxygens (including phenoxy) is 1. The van der Waals surface area contributed by atoms with Crippen LogP contribution in [0.3, 0.4) is 0 Å². The number of carbonyl (C=O) groups is 1. The maximum Gasteiger partial charge on any atom is 0.142 e. The highest BCUT2D eigenvalue weighted by Crippen LogP contribution is 2.24. The molecule has 0 atom stereocenters. The molecule has 1 rings (SSSR count). The van der Waals surface area contributed by atoms with E-state index < -0.39 is 0 Å². The SMILES string of the molecule is C=CCC(=O)Cc1ncc(C)c(OC)c1C. The zero-order valence-electron chi connectivity index (χ0n) is 10.0. The fourth-order valence-corrected chi connectivity index (χ4v) is 1.67. The van der Waals surface area contributed by atoms with Crippen LogP contribution in [0.4, 0.5) is 0 Å². The van der Waals surface area contributed by atoms with Crippen molar-refractivity contribution in [1.29, 1.82) is 0 Å². The lowest BCUT2D eigenvalue weighted by molar-refractivity contribution is -0.117. The highest BCUT2D eigenvalue weighted by molar-refractivity contribution is 5.82. The number of nitrogens with zero attached hydrogens (tertiary/aromatic N) is 1. The van der Waals surface area contributed by atoms with E-state index in [9.17, 15) is 4.79 Å². The molecule has 0 aliphatic carbocycles. The lowest BCUT2D eigenvalue weighted by Crippen LogP contribution is -2.06. The van der Waals surface area contributed by atoms with Gasteiger partial charge >= 0.3 is 0 Å². The molecule has 0 aliphatic heterocycles. The van der Waals surface area contributed by atoms with Gasteiger partial charge in [-0.25, -0.2) is 0 Å². The molecule has 0 fully saturated rings. The van der Waals surface area contributed by atoms with Gasteiger partial charge in [-0.1, -0.05) is 6.08 Å². The highest BCUT2D eigenvalue weighted by atomic mass is 16.5. The Morgan fingerprint density at radius 2 is 2.25 bits per heavy atom. The minimum atomic E-state index is 0.122. The van der Waals surface area contributed by atoms with Crippen LogP contribution in [0.5, 0.6) is 5.75 Å². The van der Waals surface area contributed by atoms with E-state index in [1.165, 1.54) is 0 Å². The van der Waals surface area contributed by atoms with Crippen molar-refractivity contribution >= 4 is 5.78 Å². The zero-order chi connectivity index (χ0) is 12.1. The van der Waals surface area contributed by atoms with Gasteiger partial charge in [0.25, 0.3) is 0 Å². The van der Waals surface area contributed by atoms with Crippen molar-refractivity contribution < 1.29 is 9.53 Å². The van der Waals surface area contributed by atoms with E-state index >= 15 is 0 Å². The van der Waals surface area contributed by atoms with Crippen molar-refractivity contribution in [2.75, 3.05) is 7.11 Å². The normalized spacial score (nSPS) is 9.94. The Bertz CT molecular complexity index is 411. The number of allylic oxidation sites excluding steroid dienone is 1. The Labute approximate surface area is 96.2 Å². The van der Waals surface area contributed by atoms with Crippen LogP contribution in [0, 0.1) is 13.8 Å². The van der Waals surface area contributed by atoms with Gasteiger partial charge < -0.3 is 4.74 Å². The molecular weight excluding hydrogens is 202 g/mol. The summed E-state index contributed by atoms with van der Waals surface area (Å²) in [6.45, 7) is 7.41. The smallest absolute Gasteiger partial charge is 0.142 e. The summed E-state index contributed by atoms with van der Waals surface area (Å²) in [4.78, 5) is 15.8. The molecular formula is C13H17NO2. The molecule has 86 valence electrons. The van der Waals surface area contributed by atoms with Crippen molar-refractivity contribution in [2.24, 2.45) is 0 Å². The van der Waals surface area contributed by atoms with E-state index in [1.807, 2.05) is 13.8 Å². The molecule has 1 aromatic rings. The van der Waals surface area contributed by atoms with Crippen LogP contribution in [0.2, 0.25) is 0 Å². The predicted octanol–water partition coefficient (Wildman–Crippen LogP) is 2.39. The van der Waals surface area contributed by atoms with Crippen molar-refractivity contribution in [3.63, 3.8) is 0 Å². The van der Waals surface area contributed by atoms with Gasteiger partial charge in [-0.2, -0.15) is 0 Å². The number of ketones is 1. The second-order valence-electron chi connectivity index (χ2n) is 3.75. The number of carbonyl (C=O) groups excluding carboxylic acids is 1. The summed E-state index contributed by atoms with van der Waals surface area (Å²) in [6.07, 6.45) is 4.08. The van der Waals surface area contributed by atoms with Gasteiger partial charge in [-0.3, -0.25) is 9.78 Å². The molecule has 0 aliphatic rings. The summed E-state index contributed by atoms with van der Waals surface area (Å²) in [7, 11) is 1.63. The number of aromatic nitrogens is 1. The van der Waals surface area contributed by atoms with Crippen molar-refractivity contribution in [3.05, 3.63) is 35.7 Å². The molecule has 0 spiro atoms. The summed E-state index contributed by atoms with van der Waals surface area (Å²) < 4.78 is 5.29. The minimum absolute atomic E-state index is 0.122. The summed E-state index contributed by atoms with van der Waals surface area (Å²) in [5, 5.41) is 0. The fraction of sp³-hybridized carbons (Fsp3) is 0.385. The first-order valence-electron chi connectivity index (χ1n) is 5.21. The topological polar surface area (TPSA) is 39.2 Å². The van der Waals surface area contributed by atoms with Crippen LogP contribution in [0.1, 0.15) is 23.2 Å². The maximum absolute atomic E-state index is 11.5. The van der Waals surface area contributed by atoms with Gasteiger partial charge in [-0.05, 0) is 13.8 Å². The number of methoxy groups -OCH3 is 1. The average Bonchev–Trinajstić information content (AvgIpc) is 2.23. The van der Waals surface area contributed by atoms with Crippen LogP contribution in [-0.4, -0.2) is 17.9 Å². The molecule has 1 aromatic heterocycles. The fourth-order valence-electron chi connectivity index (χ4n) is 1.67. The first-order valence-corrected chi connectivity index (χ1v) is 5.21. The molecule has 0 N–H and O–H groups in total. The lowest BCUT2D eigenvalue weighted by atomic mass is 10.1. The molecule has 0 saturated carbocycles. The zero-order valence-corrected chi connectivity index (χ0v) is 10.0. The maximum atomic E-state index is 11.5. The summed E-state index contributed by atoms with van der Waals surface area (Å²) >= 11 is 0. The van der Waals surface area contributed by atoms with E-state index in [2.05, 4.69) is 11.6 Å². The Balaban J connectivity index is 2.97. The first-order chi connectivity index (χ1) is 7.60. The lowest BCUT2D eigenvalue weighted by Gasteiger charge is -2.11. The quantitative estimate of drug-likeness (QED) is 0.714. The highest BCUT2D eigenvalue weighted by Gasteiger charge is 2.11. The standard InChI is InChI=1S/C13H17NO2/c1-5-6-11(15)7-12-10(3)13(16-4)9(2)8-14-12/h5,8H,1,6-7H2,2-4H3. The molecule has 0 radical (unpaired) electrons. The molecule has 0 amide bonds. The number of rotatable bonds is 5. The molecule has 0 bridgehead atoms. The van der Waals surface area contributed by atoms with Gasteiger partial charge in [0.15, 0.2) is 0 Å². The molecule has 0 saturated heterocycles. The second kappa shape index (κ2) is 5.45. The van der Waals surface area contributed by atoms with Crippen LogP contribution < -0.4 is 4.74 Å². The van der Waals surface area contributed by atoms with E-state index in [0.29, 0.717) is 12.8 Å². The Kier molecular flexibility index (Phi) is 4.23. The monoisotopic (exact) mass is 219 g/mol. The number of aryl methyl sites for hydroxylation is 1.